The van der Waals surface area contributed by atoms with Gasteiger partial charge in [-0.05, 0) is 56.7 Å². The second kappa shape index (κ2) is 10.4. The number of nitrogens with one attached hydrogen (secondary N) is 2. The monoisotopic (exact) mass is 385 g/mol. The second-order valence-electron chi connectivity index (χ2n) is 8.06. The number of amides is 1. The van der Waals surface area contributed by atoms with Gasteiger partial charge in [0.05, 0.1) is 0 Å². The van der Waals surface area contributed by atoms with Crippen molar-refractivity contribution in [3.8, 4) is 0 Å². The number of aliphatic imine (C=N–C) groups is 1. The van der Waals surface area contributed by atoms with Crippen LogP contribution in [0, 0.1) is 12.8 Å². The van der Waals surface area contributed by atoms with Gasteiger partial charge in [0.15, 0.2) is 5.96 Å². The Morgan fingerprint density at radius 2 is 2.11 bits per heavy atom. The summed E-state index contributed by atoms with van der Waals surface area (Å²) in [7, 11) is 0. The van der Waals surface area contributed by atoms with Crippen LogP contribution in [0.5, 0.6) is 0 Å². The molecule has 2 aliphatic rings. The number of rotatable bonds is 6. The average molecular weight is 386 g/mol. The van der Waals surface area contributed by atoms with Crippen LogP contribution in [-0.2, 0) is 11.2 Å². The van der Waals surface area contributed by atoms with E-state index in [1.165, 1.54) is 30.4 Å². The molecule has 1 unspecified atom stereocenters. The van der Waals surface area contributed by atoms with Crippen LogP contribution in [0.1, 0.15) is 56.6 Å². The lowest BCUT2D eigenvalue weighted by Crippen LogP contribution is -2.45. The van der Waals surface area contributed by atoms with Gasteiger partial charge in [-0.15, -0.1) is 0 Å². The molecule has 1 saturated heterocycles. The van der Waals surface area contributed by atoms with E-state index < -0.39 is 0 Å². The van der Waals surface area contributed by atoms with Gasteiger partial charge in [-0.1, -0.05) is 19.3 Å². The minimum Gasteiger partial charge on any atom is -0.357 e. The zero-order valence-electron chi connectivity index (χ0n) is 17.4. The Bertz CT molecular complexity index is 669. The van der Waals surface area contributed by atoms with Crippen molar-refractivity contribution in [1.82, 2.24) is 20.5 Å². The lowest BCUT2D eigenvalue weighted by Gasteiger charge is -2.26. The Morgan fingerprint density at radius 3 is 2.86 bits per heavy atom. The fourth-order valence-corrected chi connectivity index (χ4v) is 4.27. The first-order valence-electron chi connectivity index (χ1n) is 10.9. The van der Waals surface area contributed by atoms with Crippen LogP contribution in [0.2, 0.25) is 0 Å². The number of aryl methyl sites for hydroxylation is 1. The molecule has 0 bridgehead atoms. The summed E-state index contributed by atoms with van der Waals surface area (Å²) in [5.41, 5.74) is 2.50. The fraction of sp³-hybridized carbons (Fsp3) is 0.682. The van der Waals surface area contributed by atoms with Crippen molar-refractivity contribution in [1.29, 1.82) is 0 Å². The summed E-state index contributed by atoms with van der Waals surface area (Å²) in [6.45, 7) is 7.39. The van der Waals surface area contributed by atoms with Crippen LogP contribution in [0.4, 0.5) is 0 Å². The lowest BCUT2D eigenvalue weighted by atomic mass is 9.88. The largest absolute Gasteiger partial charge is 0.357 e. The number of carbonyl (C=O) groups excluding carboxylic acids is 1. The number of guanidine groups is 1. The van der Waals surface area contributed by atoms with E-state index in [0.717, 1.165) is 57.8 Å². The maximum atomic E-state index is 12.8. The van der Waals surface area contributed by atoms with Gasteiger partial charge in [0.2, 0.25) is 5.91 Å². The minimum atomic E-state index is 0.262. The summed E-state index contributed by atoms with van der Waals surface area (Å²) < 4.78 is 0. The smallest absolute Gasteiger partial charge is 0.225 e. The van der Waals surface area contributed by atoms with E-state index in [4.69, 9.17) is 4.99 Å². The predicted octanol–water partition coefficient (Wildman–Crippen LogP) is 2.67. The van der Waals surface area contributed by atoms with Crippen molar-refractivity contribution in [2.24, 2.45) is 10.9 Å². The van der Waals surface area contributed by atoms with Crippen molar-refractivity contribution in [2.75, 3.05) is 26.2 Å². The Hall–Kier alpha value is -2.11. The molecule has 0 radical (unpaired) electrons. The summed E-state index contributed by atoms with van der Waals surface area (Å²) in [5.74, 6) is 1.49. The molecule has 1 saturated carbocycles. The molecular formula is C22H35N5O. The molecule has 1 amide bonds. The maximum Gasteiger partial charge on any atom is 0.225 e. The molecule has 1 aliphatic carbocycles. The normalized spacial score (nSPS) is 21.0. The molecule has 28 heavy (non-hydrogen) atoms. The predicted molar refractivity (Wildman–Crippen MR) is 113 cm³/mol. The van der Waals surface area contributed by atoms with E-state index in [1.807, 2.05) is 12.4 Å². The first kappa shape index (κ1) is 20.6. The van der Waals surface area contributed by atoms with E-state index in [1.54, 1.807) is 0 Å². The van der Waals surface area contributed by atoms with Crippen LogP contribution in [-0.4, -0.2) is 54.0 Å². The quantitative estimate of drug-likeness (QED) is 0.583. The summed E-state index contributed by atoms with van der Waals surface area (Å²) in [4.78, 5) is 23.7. The van der Waals surface area contributed by atoms with E-state index in [-0.39, 0.29) is 12.0 Å². The topological polar surface area (TPSA) is 69.6 Å². The second-order valence-corrected chi connectivity index (χ2v) is 8.06. The van der Waals surface area contributed by atoms with E-state index in [2.05, 4.69) is 40.4 Å². The highest BCUT2D eigenvalue weighted by Crippen LogP contribution is 2.26. The molecule has 1 aliphatic heterocycles. The Morgan fingerprint density at radius 1 is 1.29 bits per heavy atom. The standard InChI is InChI=1S/C22H35N5O/c1-3-24-22(25-13-10-18-9-12-23-15-17(18)2)26-20-11-14-27(16-20)21(28)19-7-5-4-6-8-19/h9,12,15,19-20H,3-8,10-11,13-14,16H2,1-2H3,(H2,24,25,26). The first-order chi connectivity index (χ1) is 13.7. The van der Waals surface area contributed by atoms with Gasteiger partial charge in [-0.2, -0.15) is 0 Å². The molecule has 6 heteroatoms. The van der Waals surface area contributed by atoms with Gasteiger partial charge < -0.3 is 15.5 Å². The number of carbonyl (C=O) groups is 1. The Balaban J connectivity index is 1.49. The number of likely N-dealkylation sites (tertiary alicyclic amines) is 1. The number of pyridine rings is 1. The minimum absolute atomic E-state index is 0.262. The van der Waals surface area contributed by atoms with Crippen LogP contribution in [0.3, 0.4) is 0 Å². The summed E-state index contributed by atoms with van der Waals surface area (Å²) in [6, 6.07) is 2.35. The van der Waals surface area contributed by atoms with Crippen molar-refractivity contribution in [3.05, 3.63) is 29.6 Å². The molecule has 0 spiro atoms. The molecule has 2 fully saturated rings. The van der Waals surface area contributed by atoms with Crippen LogP contribution in [0.15, 0.2) is 23.5 Å². The molecule has 2 N–H and O–H groups in total. The zero-order chi connectivity index (χ0) is 19.8. The molecule has 0 aromatic carbocycles. The van der Waals surface area contributed by atoms with Gasteiger partial charge in [0.25, 0.3) is 0 Å². The van der Waals surface area contributed by atoms with Gasteiger partial charge in [-0.25, -0.2) is 0 Å². The van der Waals surface area contributed by atoms with Crippen molar-refractivity contribution in [3.63, 3.8) is 0 Å². The van der Waals surface area contributed by atoms with E-state index in [0.29, 0.717) is 5.91 Å². The SMILES string of the molecule is CCNC(=NCCc1ccncc1C)NC1CCN(C(=O)C2CCCCC2)C1. The van der Waals surface area contributed by atoms with Gasteiger partial charge >= 0.3 is 0 Å². The third-order valence-corrected chi connectivity index (χ3v) is 5.93. The maximum absolute atomic E-state index is 12.8. The molecule has 1 atom stereocenters. The number of nitrogens with zero attached hydrogens (tertiary/aromatic N) is 3. The van der Waals surface area contributed by atoms with Crippen molar-refractivity contribution in [2.45, 2.75) is 64.8 Å². The first-order valence-corrected chi connectivity index (χ1v) is 10.9. The average Bonchev–Trinajstić information content (AvgIpc) is 3.18. The van der Waals surface area contributed by atoms with Gasteiger partial charge in [-0.3, -0.25) is 14.8 Å². The highest BCUT2D eigenvalue weighted by molar-refractivity contribution is 5.81. The summed E-state index contributed by atoms with van der Waals surface area (Å²) in [6.07, 6.45) is 11.5. The molecule has 1 aromatic rings. The zero-order valence-corrected chi connectivity index (χ0v) is 17.4. The van der Waals surface area contributed by atoms with E-state index >= 15 is 0 Å². The summed E-state index contributed by atoms with van der Waals surface area (Å²) in [5, 5.41) is 6.88. The molecule has 154 valence electrons. The highest BCUT2D eigenvalue weighted by atomic mass is 16.2. The third-order valence-electron chi connectivity index (χ3n) is 5.93. The van der Waals surface area contributed by atoms with Crippen LogP contribution >= 0.6 is 0 Å². The van der Waals surface area contributed by atoms with E-state index in [9.17, 15) is 4.79 Å². The third kappa shape index (κ3) is 5.69. The molecular weight excluding hydrogens is 350 g/mol. The van der Waals surface area contributed by atoms with Crippen molar-refractivity contribution >= 4 is 11.9 Å². The number of hydrogen-bond acceptors (Lipinski definition) is 3. The molecule has 2 heterocycles. The van der Waals surface area contributed by atoms with Gasteiger partial charge in [0.1, 0.15) is 0 Å². The highest BCUT2D eigenvalue weighted by Gasteiger charge is 2.31. The number of aromatic nitrogens is 1. The lowest BCUT2D eigenvalue weighted by molar-refractivity contribution is -0.135. The van der Waals surface area contributed by atoms with Crippen LogP contribution in [0.25, 0.3) is 0 Å². The Kier molecular flexibility index (Phi) is 7.69. The Labute approximate surface area is 169 Å². The summed E-state index contributed by atoms with van der Waals surface area (Å²) >= 11 is 0. The van der Waals surface area contributed by atoms with Crippen molar-refractivity contribution < 1.29 is 4.79 Å². The number of hydrogen-bond donors (Lipinski definition) is 2. The van der Waals surface area contributed by atoms with Crippen LogP contribution < -0.4 is 10.6 Å². The fourth-order valence-electron chi connectivity index (χ4n) is 4.27. The molecule has 1 aromatic heterocycles. The van der Waals surface area contributed by atoms with Gasteiger partial charge in [0, 0.05) is 50.5 Å². The molecule has 3 rings (SSSR count). The molecule has 6 nitrogen and oxygen atoms in total.